The molecule has 128 valence electrons. The molecule has 3 rings (SSSR count). The topological polar surface area (TPSA) is 29.5 Å². The summed E-state index contributed by atoms with van der Waals surface area (Å²) in [6.07, 6.45) is 5.98. The average Bonchev–Trinajstić information content (AvgIpc) is 3.13. The lowest BCUT2D eigenvalue weighted by atomic mass is 9.94. The smallest absolute Gasteiger partial charge is 0.327 e. The highest BCUT2D eigenvalue weighted by Gasteiger charge is 2.43. The third-order valence-electron chi connectivity index (χ3n) is 5.37. The number of methoxy groups -OCH3 is 1. The van der Waals surface area contributed by atoms with Gasteiger partial charge in [-0.25, -0.2) is 4.79 Å². The fourth-order valence-corrected chi connectivity index (χ4v) is 4.07. The summed E-state index contributed by atoms with van der Waals surface area (Å²) in [7, 11) is 1.47. The molecule has 3 heteroatoms. The third kappa shape index (κ3) is 3.18. The molecular weight excluding hydrogens is 298 g/mol. The van der Waals surface area contributed by atoms with E-state index >= 15 is 0 Å². The highest BCUT2D eigenvalue weighted by molar-refractivity contribution is 5.77. The van der Waals surface area contributed by atoms with E-state index in [4.69, 9.17) is 4.74 Å². The van der Waals surface area contributed by atoms with Crippen molar-refractivity contribution in [1.82, 2.24) is 4.90 Å². The van der Waals surface area contributed by atoms with Crippen molar-refractivity contribution in [2.45, 2.75) is 32.2 Å². The predicted molar refractivity (Wildman–Crippen MR) is 96.5 cm³/mol. The lowest BCUT2D eigenvalue weighted by Crippen LogP contribution is -2.34. The standard InChI is InChI=1S/C21H27NO2/c1-4-5-9-17-12-18-13-22(14-19(18)15(17)2)20(21(23)24-3)16-10-7-6-8-11-16/h6-8,10-12,18-20H,2,4-5,9,13-14H2,1,3H3. The van der Waals surface area contributed by atoms with Crippen LogP contribution >= 0.6 is 0 Å². The summed E-state index contributed by atoms with van der Waals surface area (Å²) in [5, 5.41) is 0. The molecule has 0 amide bonds. The number of benzene rings is 1. The van der Waals surface area contributed by atoms with Crippen molar-refractivity contribution >= 4 is 5.97 Å². The van der Waals surface area contributed by atoms with E-state index in [-0.39, 0.29) is 12.0 Å². The number of carbonyl (C=O) groups is 1. The molecule has 1 aliphatic carbocycles. The third-order valence-corrected chi connectivity index (χ3v) is 5.37. The number of rotatable bonds is 6. The van der Waals surface area contributed by atoms with Crippen molar-refractivity contribution in [2.75, 3.05) is 20.2 Å². The van der Waals surface area contributed by atoms with Crippen molar-refractivity contribution in [3.05, 3.63) is 59.7 Å². The van der Waals surface area contributed by atoms with Crippen LogP contribution in [0.15, 0.2) is 54.1 Å². The molecule has 3 nitrogen and oxygen atoms in total. The summed E-state index contributed by atoms with van der Waals surface area (Å²) < 4.78 is 5.08. The molecule has 1 aliphatic heterocycles. The minimum atomic E-state index is -0.318. The van der Waals surface area contributed by atoms with Crippen LogP contribution in [0.2, 0.25) is 0 Å². The van der Waals surface area contributed by atoms with Gasteiger partial charge in [-0.3, -0.25) is 4.90 Å². The van der Waals surface area contributed by atoms with Crippen LogP contribution in [-0.2, 0) is 9.53 Å². The van der Waals surface area contributed by atoms with Crippen LogP contribution in [0.3, 0.4) is 0 Å². The summed E-state index contributed by atoms with van der Waals surface area (Å²) >= 11 is 0. The highest BCUT2D eigenvalue weighted by Crippen LogP contribution is 2.44. The molecule has 3 atom stereocenters. The zero-order chi connectivity index (χ0) is 17.1. The van der Waals surface area contributed by atoms with E-state index in [1.165, 1.54) is 31.1 Å². The van der Waals surface area contributed by atoms with E-state index in [2.05, 4.69) is 24.5 Å². The summed E-state index contributed by atoms with van der Waals surface area (Å²) in [5.74, 6) is 0.759. The van der Waals surface area contributed by atoms with Crippen LogP contribution in [-0.4, -0.2) is 31.1 Å². The lowest BCUT2D eigenvalue weighted by Gasteiger charge is -2.26. The molecular formula is C21H27NO2. The first-order chi connectivity index (χ1) is 11.7. The number of fused-ring (bicyclic) bond motifs is 1. The molecule has 0 bridgehead atoms. The summed E-state index contributed by atoms with van der Waals surface area (Å²) in [5.41, 5.74) is 3.73. The Morgan fingerprint density at radius 1 is 1.33 bits per heavy atom. The molecule has 2 aliphatic rings. The Morgan fingerprint density at radius 3 is 2.71 bits per heavy atom. The van der Waals surface area contributed by atoms with Crippen LogP contribution in [0.25, 0.3) is 0 Å². The number of nitrogens with zero attached hydrogens (tertiary/aromatic N) is 1. The number of hydrogen-bond acceptors (Lipinski definition) is 3. The molecule has 1 aromatic carbocycles. The number of unbranched alkanes of at least 4 members (excludes halogenated alkanes) is 1. The van der Waals surface area contributed by atoms with E-state index in [0.29, 0.717) is 11.8 Å². The maximum atomic E-state index is 12.4. The monoisotopic (exact) mass is 325 g/mol. The van der Waals surface area contributed by atoms with E-state index in [9.17, 15) is 4.79 Å². The van der Waals surface area contributed by atoms with Gasteiger partial charge in [0.25, 0.3) is 0 Å². The number of hydrogen-bond donors (Lipinski definition) is 0. The number of likely N-dealkylation sites (tertiary alicyclic amines) is 1. The second-order valence-corrected chi connectivity index (χ2v) is 6.88. The fraction of sp³-hybridized carbons (Fsp3) is 0.476. The lowest BCUT2D eigenvalue weighted by molar-refractivity contribution is -0.147. The average molecular weight is 325 g/mol. The number of carbonyl (C=O) groups excluding carboxylic acids is 1. The van der Waals surface area contributed by atoms with Gasteiger partial charge in [0, 0.05) is 19.0 Å². The molecule has 0 aromatic heterocycles. The maximum absolute atomic E-state index is 12.4. The van der Waals surface area contributed by atoms with Gasteiger partial charge in [0.15, 0.2) is 0 Å². The van der Waals surface area contributed by atoms with Gasteiger partial charge < -0.3 is 4.74 Å². The van der Waals surface area contributed by atoms with Crippen molar-refractivity contribution < 1.29 is 9.53 Å². The van der Waals surface area contributed by atoms with Gasteiger partial charge in [-0.1, -0.05) is 56.3 Å². The van der Waals surface area contributed by atoms with Crippen LogP contribution in [0.4, 0.5) is 0 Å². The Bertz CT molecular complexity index is 634. The Labute approximate surface area is 145 Å². The molecule has 1 aromatic rings. The van der Waals surface area contributed by atoms with Gasteiger partial charge in [0.05, 0.1) is 7.11 Å². The van der Waals surface area contributed by atoms with E-state index in [0.717, 1.165) is 25.1 Å². The first-order valence-corrected chi connectivity index (χ1v) is 8.92. The number of esters is 1. The van der Waals surface area contributed by atoms with E-state index < -0.39 is 0 Å². The van der Waals surface area contributed by atoms with Gasteiger partial charge >= 0.3 is 5.97 Å². The number of ether oxygens (including phenoxy) is 1. The molecule has 24 heavy (non-hydrogen) atoms. The highest BCUT2D eigenvalue weighted by atomic mass is 16.5. The summed E-state index contributed by atoms with van der Waals surface area (Å²) in [6, 6.07) is 9.62. The molecule has 0 N–H and O–H groups in total. The number of allylic oxidation sites excluding steroid dienone is 1. The Morgan fingerprint density at radius 2 is 2.08 bits per heavy atom. The Balaban J connectivity index is 1.78. The van der Waals surface area contributed by atoms with Crippen molar-refractivity contribution in [3.8, 4) is 0 Å². The fourth-order valence-electron chi connectivity index (χ4n) is 4.07. The Hall–Kier alpha value is -1.87. The first kappa shape index (κ1) is 17.0. The molecule has 1 fully saturated rings. The molecule has 0 spiro atoms. The van der Waals surface area contributed by atoms with Gasteiger partial charge in [-0.15, -0.1) is 0 Å². The van der Waals surface area contributed by atoms with Crippen molar-refractivity contribution in [3.63, 3.8) is 0 Å². The van der Waals surface area contributed by atoms with E-state index in [1.807, 2.05) is 30.3 Å². The minimum Gasteiger partial charge on any atom is -0.468 e. The van der Waals surface area contributed by atoms with Crippen molar-refractivity contribution in [2.24, 2.45) is 11.8 Å². The van der Waals surface area contributed by atoms with Crippen molar-refractivity contribution in [1.29, 1.82) is 0 Å². The second kappa shape index (κ2) is 7.35. The molecule has 3 unspecified atom stereocenters. The summed E-state index contributed by atoms with van der Waals surface area (Å²) in [4.78, 5) is 14.7. The maximum Gasteiger partial charge on any atom is 0.327 e. The SMILES string of the molecule is C=C1C(CCCC)=CC2CN(C(C(=O)OC)c3ccccc3)CC12. The van der Waals surface area contributed by atoms with E-state index in [1.54, 1.807) is 0 Å². The van der Waals surface area contributed by atoms with Gasteiger partial charge in [0.2, 0.25) is 0 Å². The first-order valence-electron chi connectivity index (χ1n) is 8.92. The largest absolute Gasteiger partial charge is 0.468 e. The van der Waals surface area contributed by atoms with Gasteiger partial charge in [0.1, 0.15) is 6.04 Å². The summed E-state index contributed by atoms with van der Waals surface area (Å²) in [6.45, 7) is 8.35. The van der Waals surface area contributed by atoms with Crippen LogP contribution < -0.4 is 0 Å². The minimum absolute atomic E-state index is 0.179. The van der Waals surface area contributed by atoms with Gasteiger partial charge in [-0.05, 0) is 35.5 Å². The molecule has 0 radical (unpaired) electrons. The van der Waals surface area contributed by atoms with Crippen LogP contribution in [0, 0.1) is 11.8 Å². The molecule has 1 saturated heterocycles. The molecule has 0 saturated carbocycles. The Kier molecular flexibility index (Phi) is 5.20. The van der Waals surface area contributed by atoms with Crippen LogP contribution in [0.5, 0.6) is 0 Å². The quantitative estimate of drug-likeness (QED) is 0.736. The zero-order valence-corrected chi connectivity index (χ0v) is 14.7. The van der Waals surface area contributed by atoms with Gasteiger partial charge in [-0.2, -0.15) is 0 Å². The predicted octanol–water partition coefficient (Wildman–Crippen LogP) is 4.14. The molecule has 1 heterocycles. The zero-order valence-electron chi connectivity index (χ0n) is 14.7. The van der Waals surface area contributed by atoms with Crippen LogP contribution in [0.1, 0.15) is 37.8 Å². The normalized spacial score (nSPS) is 24.6. The second-order valence-electron chi connectivity index (χ2n) is 6.88.